The highest BCUT2D eigenvalue weighted by Crippen LogP contribution is 2.21. The highest BCUT2D eigenvalue weighted by molar-refractivity contribution is 7.89. The van der Waals surface area contributed by atoms with Gasteiger partial charge in [0.05, 0.1) is 24.3 Å². The van der Waals surface area contributed by atoms with Crippen molar-refractivity contribution < 1.29 is 26.4 Å². The van der Waals surface area contributed by atoms with Crippen LogP contribution in [0.15, 0.2) is 53.4 Å². The summed E-state index contributed by atoms with van der Waals surface area (Å²) >= 11 is 0. The van der Waals surface area contributed by atoms with Gasteiger partial charge >= 0.3 is 0 Å². The van der Waals surface area contributed by atoms with Crippen LogP contribution in [-0.4, -0.2) is 49.2 Å². The largest absolute Gasteiger partial charge is 0.497 e. The van der Waals surface area contributed by atoms with Crippen molar-refractivity contribution in [2.24, 2.45) is 0 Å². The van der Waals surface area contributed by atoms with Crippen LogP contribution in [0.1, 0.15) is 23.6 Å². The van der Waals surface area contributed by atoms with Crippen LogP contribution in [-0.2, 0) is 24.8 Å². The number of rotatable bonds is 11. The molecule has 170 valence electrons. The average molecular weight is 470 g/mol. The molecule has 0 radical (unpaired) electrons. The molecule has 11 heteroatoms. The Labute approximate surface area is 183 Å². The number of carbonyl (C=O) groups excluding carboxylic acids is 1. The van der Waals surface area contributed by atoms with Crippen LogP contribution in [0.2, 0.25) is 0 Å². The van der Waals surface area contributed by atoms with Crippen molar-refractivity contribution in [3.63, 3.8) is 0 Å². The highest BCUT2D eigenvalue weighted by Gasteiger charge is 2.20. The predicted octanol–water partition coefficient (Wildman–Crippen LogP) is 1.08. The van der Waals surface area contributed by atoms with Gasteiger partial charge in [0.2, 0.25) is 26.0 Å². The lowest BCUT2D eigenvalue weighted by Gasteiger charge is -2.18. The van der Waals surface area contributed by atoms with Gasteiger partial charge in [-0.3, -0.25) is 4.79 Å². The third kappa shape index (κ3) is 8.29. The summed E-state index contributed by atoms with van der Waals surface area (Å²) in [5.74, 6) is 0.179. The smallest absolute Gasteiger partial charge is 0.240 e. The number of hydrogen-bond acceptors (Lipinski definition) is 6. The van der Waals surface area contributed by atoms with Crippen molar-refractivity contribution in [2.45, 2.75) is 24.3 Å². The van der Waals surface area contributed by atoms with E-state index in [1.54, 1.807) is 36.4 Å². The molecule has 1 atom stereocenters. The van der Waals surface area contributed by atoms with E-state index in [9.17, 15) is 21.6 Å². The number of methoxy groups -OCH3 is 1. The van der Waals surface area contributed by atoms with E-state index >= 15 is 0 Å². The zero-order chi connectivity index (χ0) is 23.1. The number of hydrogen-bond donors (Lipinski definition) is 3. The SMILES string of the molecule is COc1ccc([C@H](CC(=O)NCCNS(=O)(=O)c2ccc(C)cc2)NS(C)(=O)=O)cc1. The lowest BCUT2D eigenvalue weighted by Crippen LogP contribution is -2.37. The van der Waals surface area contributed by atoms with E-state index in [4.69, 9.17) is 4.74 Å². The molecule has 2 rings (SSSR count). The monoisotopic (exact) mass is 469 g/mol. The van der Waals surface area contributed by atoms with Gasteiger partial charge in [-0.15, -0.1) is 0 Å². The molecule has 0 unspecified atom stereocenters. The minimum Gasteiger partial charge on any atom is -0.497 e. The Hall–Kier alpha value is -2.47. The van der Waals surface area contributed by atoms with Crippen molar-refractivity contribution in [2.75, 3.05) is 26.5 Å². The first-order valence-electron chi connectivity index (χ1n) is 9.44. The van der Waals surface area contributed by atoms with E-state index in [1.165, 1.54) is 19.2 Å². The summed E-state index contributed by atoms with van der Waals surface area (Å²) in [5, 5.41) is 2.60. The van der Waals surface area contributed by atoms with Crippen LogP contribution < -0.4 is 19.5 Å². The molecule has 9 nitrogen and oxygen atoms in total. The van der Waals surface area contributed by atoms with Crippen molar-refractivity contribution in [1.29, 1.82) is 0 Å². The molecule has 0 aliphatic rings. The van der Waals surface area contributed by atoms with E-state index in [0.29, 0.717) is 11.3 Å². The molecule has 0 aromatic heterocycles. The van der Waals surface area contributed by atoms with Crippen LogP contribution in [0.4, 0.5) is 0 Å². The second-order valence-electron chi connectivity index (χ2n) is 6.98. The zero-order valence-electron chi connectivity index (χ0n) is 17.6. The van der Waals surface area contributed by atoms with Crippen molar-refractivity contribution in [1.82, 2.24) is 14.8 Å². The summed E-state index contributed by atoms with van der Waals surface area (Å²) < 4.78 is 57.8. The van der Waals surface area contributed by atoms with Crippen molar-refractivity contribution in [3.05, 3.63) is 59.7 Å². The molecule has 0 saturated heterocycles. The van der Waals surface area contributed by atoms with E-state index in [1.807, 2.05) is 6.92 Å². The van der Waals surface area contributed by atoms with Crippen LogP contribution in [0.25, 0.3) is 0 Å². The van der Waals surface area contributed by atoms with Crippen molar-refractivity contribution in [3.8, 4) is 5.75 Å². The fourth-order valence-electron chi connectivity index (χ4n) is 2.77. The quantitative estimate of drug-likeness (QED) is 0.422. The van der Waals surface area contributed by atoms with Gasteiger partial charge in [0.25, 0.3) is 0 Å². The van der Waals surface area contributed by atoms with E-state index < -0.39 is 32.0 Å². The standard InChI is InChI=1S/C20H27N3O6S2/c1-15-4-10-18(11-5-15)31(27,28)22-13-12-21-20(24)14-19(23-30(3,25)26)16-6-8-17(29-2)9-7-16/h4-11,19,22-23H,12-14H2,1-3H3,(H,21,24)/t19-/m0/s1. The minimum absolute atomic E-state index is 0.00530. The second-order valence-corrected chi connectivity index (χ2v) is 10.5. The number of ether oxygens (including phenoxy) is 1. The number of benzene rings is 2. The number of sulfonamides is 2. The van der Waals surface area contributed by atoms with Crippen LogP contribution in [0.5, 0.6) is 5.75 Å². The van der Waals surface area contributed by atoms with Gasteiger partial charge in [0.15, 0.2) is 0 Å². The van der Waals surface area contributed by atoms with Crippen LogP contribution in [0, 0.1) is 6.92 Å². The third-order valence-corrected chi connectivity index (χ3v) is 6.52. The van der Waals surface area contributed by atoms with E-state index in [2.05, 4.69) is 14.8 Å². The maximum absolute atomic E-state index is 12.3. The normalized spacial score (nSPS) is 12.9. The predicted molar refractivity (Wildman–Crippen MR) is 118 cm³/mol. The summed E-state index contributed by atoms with van der Waals surface area (Å²) in [6, 6.07) is 12.3. The molecule has 2 aromatic carbocycles. The molecule has 0 aliphatic carbocycles. The highest BCUT2D eigenvalue weighted by atomic mass is 32.2. The molecule has 0 fully saturated rings. The van der Waals surface area contributed by atoms with Gasteiger partial charge in [-0.05, 0) is 36.8 Å². The summed E-state index contributed by atoms with van der Waals surface area (Å²) in [7, 11) is -5.72. The molecular formula is C20H27N3O6S2. The maximum atomic E-state index is 12.3. The topological polar surface area (TPSA) is 131 Å². The maximum Gasteiger partial charge on any atom is 0.240 e. The Bertz CT molecular complexity index is 1080. The Kier molecular flexibility index (Phi) is 8.57. The first-order chi connectivity index (χ1) is 14.5. The molecule has 0 bridgehead atoms. The number of aryl methyl sites for hydroxylation is 1. The second kappa shape index (κ2) is 10.7. The van der Waals surface area contributed by atoms with Gasteiger partial charge in [-0.1, -0.05) is 29.8 Å². The molecule has 31 heavy (non-hydrogen) atoms. The van der Waals surface area contributed by atoms with Crippen molar-refractivity contribution >= 4 is 26.0 Å². The Morgan fingerprint density at radius 3 is 2.13 bits per heavy atom. The van der Waals surface area contributed by atoms with Crippen LogP contribution in [0.3, 0.4) is 0 Å². The molecular weight excluding hydrogens is 442 g/mol. The van der Waals surface area contributed by atoms with Crippen LogP contribution >= 0.6 is 0 Å². The number of amides is 1. The Morgan fingerprint density at radius 1 is 0.968 bits per heavy atom. The molecule has 1 amide bonds. The van der Waals surface area contributed by atoms with Gasteiger partial charge < -0.3 is 10.1 Å². The summed E-state index contributed by atoms with van der Waals surface area (Å²) in [5.41, 5.74) is 1.54. The lowest BCUT2D eigenvalue weighted by atomic mass is 10.0. The molecule has 0 spiro atoms. The lowest BCUT2D eigenvalue weighted by molar-refractivity contribution is -0.121. The first-order valence-corrected chi connectivity index (χ1v) is 12.8. The summed E-state index contributed by atoms with van der Waals surface area (Å²) in [6.07, 6.45) is 0.866. The van der Waals surface area contributed by atoms with Gasteiger partial charge in [0.1, 0.15) is 5.75 Å². The first kappa shape index (κ1) is 24.8. The Balaban J connectivity index is 1.92. The Morgan fingerprint density at radius 2 is 1.58 bits per heavy atom. The van der Waals surface area contributed by atoms with Gasteiger partial charge in [-0.25, -0.2) is 26.3 Å². The minimum atomic E-state index is -3.68. The summed E-state index contributed by atoms with van der Waals surface area (Å²) in [4.78, 5) is 12.5. The fourth-order valence-corrected chi connectivity index (χ4v) is 4.54. The third-order valence-electron chi connectivity index (χ3n) is 4.33. The molecule has 0 saturated carbocycles. The summed E-state index contributed by atoms with van der Waals surface area (Å²) in [6.45, 7) is 1.91. The molecule has 3 N–H and O–H groups in total. The molecule has 0 heterocycles. The number of nitrogens with one attached hydrogen (secondary N) is 3. The molecule has 0 aliphatic heterocycles. The average Bonchev–Trinajstić information content (AvgIpc) is 2.70. The zero-order valence-corrected chi connectivity index (χ0v) is 19.2. The van der Waals surface area contributed by atoms with E-state index in [0.717, 1.165) is 11.8 Å². The fraction of sp³-hybridized carbons (Fsp3) is 0.350. The van der Waals surface area contributed by atoms with Gasteiger partial charge in [0, 0.05) is 19.5 Å². The molecule has 2 aromatic rings. The number of carbonyl (C=O) groups is 1. The van der Waals surface area contributed by atoms with Gasteiger partial charge in [-0.2, -0.15) is 0 Å². The van der Waals surface area contributed by atoms with E-state index in [-0.39, 0.29) is 24.4 Å².